The fourth-order valence-electron chi connectivity index (χ4n) is 2.05. The predicted molar refractivity (Wildman–Crippen MR) is 89.2 cm³/mol. The average molecular weight is 343 g/mol. The van der Waals surface area contributed by atoms with E-state index in [0.717, 1.165) is 16.3 Å². The van der Waals surface area contributed by atoms with Crippen LogP contribution in [-0.4, -0.2) is 28.9 Å². The fraction of sp³-hybridized carbons (Fsp3) is 0.333. The van der Waals surface area contributed by atoms with Crippen molar-refractivity contribution in [1.29, 1.82) is 0 Å². The molecule has 1 amide bonds. The van der Waals surface area contributed by atoms with Gasteiger partial charge in [-0.2, -0.15) is 0 Å². The van der Waals surface area contributed by atoms with Crippen molar-refractivity contribution in [3.05, 3.63) is 39.3 Å². The summed E-state index contributed by atoms with van der Waals surface area (Å²) >= 11 is 13.8. The minimum atomic E-state index is 0.0853. The van der Waals surface area contributed by atoms with E-state index in [1.54, 1.807) is 23.1 Å². The van der Waals surface area contributed by atoms with E-state index in [2.05, 4.69) is 4.98 Å². The van der Waals surface area contributed by atoms with Gasteiger partial charge in [0.1, 0.15) is 5.01 Å². The average Bonchev–Trinajstić information content (AvgIpc) is 2.88. The highest BCUT2D eigenvalue weighted by Gasteiger charge is 2.16. The number of nitrogens with zero attached hydrogens (tertiary/aromatic N) is 2. The number of likely N-dealkylation sites (N-methyl/N-ethyl adjacent to an activating group) is 1. The van der Waals surface area contributed by atoms with Gasteiger partial charge in [0.2, 0.25) is 5.91 Å². The molecule has 0 aliphatic rings. The van der Waals surface area contributed by atoms with E-state index >= 15 is 0 Å². The summed E-state index contributed by atoms with van der Waals surface area (Å²) in [5, 5.41) is 3.76. The molecule has 0 saturated heterocycles. The Hall–Kier alpha value is -1.10. The van der Waals surface area contributed by atoms with Gasteiger partial charge in [0.25, 0.3) is 0 Å². The van der Waals surface area contributed by atoms with Gasteiger partial charge in [-0.3, -0.25) is 4.79 Å². The molecule has 0 radical (unpaired) electrons. The van der Waals surface area contributed by atoms with E-state index in [0.29, 0.717) is 29.6 Å². The molecule has 0 fully saturated rings. The van der Waals surface area contributed by atoms with Crippen LogP contribution in [0.25, 0.3) is 10.6 Å². The zero-order valence-corrected chi connectivity index (χ0v) is 14.2. The Bertz CT molecular complexity index is 618. The lowest BCUT2D eigenvalue weighted by atomic mass is 10.2. The number of carbonyl (C=O) groups excluding carboxylic acids is 1. The van der Waals surface area contributed by atoms with Gasteiger partial charge in [-0.15, -0.1) is 11.3 Å². The molecule has 21 heavy (non-hydrogen) atoms. The van der Waals surface area contributed by atoms with E-state index in [4.69, 9.17) is 23.2 Å². The molecule has 0 spiro atoms. The monoisotopic (exact) mass is 342 g/mol. The van der Waals surface area contributed by atoms with E-state index in [1.807, 2.05) is 19.2 Å². The lowest BCUT2D eigenvalue weighted by Crippen LogP contribution is -2.31. The fourth-order valence-corrected chi connectivity index (χ4v) is 3.63. The Kier molecular flexibility index (Phi) is 5.62. The first-order valence-electron chi connectivity index (χ1n) is 6.73. The Labute approximate surface area is 138 Å². The quantitative estimate of drug-likeness (QED) is 0.799. The standard InChI is InChI=1S/C15H16Cl2N2OS/c1-3-19(4-2)13(20)8-10-9-21-15(18-10)14-11(16)6-5-7-12(14)17/h5-7,9H,3-4,8H2,1-2H3. The lowest BCUT2D eigenvalue weighted by molar-refractivity contribution is -0.130. The molecular weight excluding hydrogens is 327 g/mol. The molecule has 3 nitrogen and oxygen atoms in total. The van der Waals surface area contributed by atoms with Crippen molar-refractivity contribution < 1.29 is 4.79 Å². The lowest BCUT2D eigenvalue weighted by Gasteiger charge is -2.17. The first kappa shape index (κ1) is 16.3. The molecule has 1 aromatic carbocycles. The second-order valence-electron chi connectivity index (χ2n) is 4.48. The maximum atomic E-state index is 12.1. The molecule has 2 aromatic rings. The molecule has 1 aromatic heterocycles. The van der Waals surface area contributed by atoms with Crippen molar-refractivity contribution in [3.63, 3.8) is 0 Å². The number of benzene rings is 1. The van der Waals surface area contributed by atoms with E-state index in [-0.39, 0.29) is 5.91 Å². The molecule has 6 heteroatoms. The van der Waals surface area contributed by atoms with Gasteiger partial charge in [0, 0.05) is 24.0 Å². The van der Waals surface area contributed by atoms with Crippen molar-refractivity contribution >= 4 is 40.4 Å². The van der Waals surface area contributed by atoms with Crippen LogP contribution in [0.5, 0.6) is 0 Å². The summed E-state index contributed by atoms with van der Waals surface area (Å²) < 4.78 is 0. The predicted octanol–water partition coefficient (Wildman–Crippen LogP) is 4.53. The van der Waals surface area contributed by atoms with Gasteiger partial charge < -0.3 is 4.90 Å². The molecule has 0 saturated carbocycles. The Morgan fingerprint density at radius 2 is 1.86 bits per heavy atom. The molecule has 0 aliphatic heterocycles. The van der Waals surface area contributed by atoms with Crippen molar-refractivity contribution in [1.82, 2.24) is 9.88 Å². The summed E-state index contributed by atoms with van der Waals surface area (Å²) in [7, 11) is 0. The van der Waals surface area contributed by atoms with Crippen LogP contribution in [-0.2, 0) is 11.2 Å². The maximum Gasteiger partial charge on any atom is 0.228 e. The van der Waals surface area contributed by atoms with Crippen molar-refractivity contribution in [3.8, 4) is 10.6 Å². The first-order valence-corrected chi connectivity index (χ1v) is 8.36. The maximum absolute atomic E-state index is 12.1. The zero-order chi connectivity index (χ0) is 15.4. The van der Waals surface area contributed by atoms with Crippen molar-refractivity contribution in [2.45, 2.75) is 20.3 Å². The Morgan fingerprint density at radius 1 is 1.24 bits per heavy atom. The van der Waals surface area contributed by atoms with Gasteiger partial charge in [-0.05, 0) is 26.0 Å². The SMILES string of the molecule is CCN(CC)C(=O)Cc1csc(-c2c(Cl)cccc2Cl)n1. The molecule has 0 unspecified atom stereocenters. The van der Waals surface area contributed by atoms with Crippen LogP contribution in [0.4, 0.5) is 0 Å². The summed E-state index contributed by atoms with van der Waals surface area (Å²) in [6, 6.07) is 5.36. The van der Waals surface area contributed by atoms with Crippen LogP contribution >= 0.6 is 34.5 Å². The zero-order valence-electron chi connectivity index (χ0n) is 11.9. The topological polar surface area (TPSA) is 33.2 Å². The van der Waals surface area contributed by atoms with Crippen LogP contribution in [0, 0.1) is 0 Å². The highest BCUT2D eigenvalue weighted by atomic mass is 35.5. The van der Waals surface area contributed by atoms with Crippen molar-refractivity contribution in [2.24, 2.45) is 0 Å². The summed E-state index contributed by atoms with van der Waals surface area (Å²) in [5.41, 5.74) is 1.48. The minimum Gasteiger partial charge on any atom is -0.343 e. The molecule has 2 rings (SSSR count). The van der Waals surface area contributed by atoms with Crippen molar-refractivity contribution in [2.75, 3.05) is 13.1 Å². The number of hydrogen-bond donors (Lipinski definition) is 0. The molecule has 0 N–H and O–H groups in total. The number of hydrogen-bond acceptors (Lipinski definition) is 3. The van der Waals surface area contributed by atoms with Gasteiger partial charge in [0.05, 0.1) is 22.2 Å². The smallest absolute Gasteiger partial charge is 0.228 e. The van der Waals surface area contributed by atoms with Crippen LogP contribution in [0.15, 0.2) is 23.6 Å². The Morgan fingerprint density at radius 3 is 2.43 bits per heavy atom. The first-order chi connectivity index (χ1) is 10.1. The van der Waals surface area contributed by atoms with Gasteiger partial charge >= 0.3 is 0 Å². The highest BCUT2D eigenvalue weighted by Crippen LogP contribution is 2.36. The molecule has 0 aliphatic carbocycles. The van der Waals surface area contributed by atoms with Crippen LogP contribution < -0.4 is 0 Å². The van der Waals surface area contributed by atoms with Crippen LogP contribution in [0.3, 0.4) is 0 Å². The number of halogens is 2. The van der Waals surface area contributed by atoms with Gasteiger partial charge in [-0.25, -0.2) is 4.98 Å². The summed E-state index contributed by atoms with van der Waals surface area (Å²) in [6.45, 7) is 5.36. The van der Waals surface area contributed by atoms with E-state index in [9.17, 15) is 4.79 Å². The number of thiazole rings is 1. The molecule has 112 valence electrons. The highest BCUT2D eigenvalue weighted by molar-refractivity contribution is 7.13. The molecule has 0 bridgehead atoms. The van der Waals surface area contributed by atoms with Crippen LogP contribution in [0.2, 0.25) is 10.0 Å². The third-order valence-corrected chi connectivity index (χ3v) is 4.72. The number of aromatic nitrogens is 1. The second kappa shape index (κ2) is 7.25. The number of amides is 1. The third kappa shape index (κ3) is 3.76. The third-order valence-electron chi connectivity index (χ3n) is 3.18. The van der Waals surface area contributed by atoms with E-state index in [1.165, 1.54) is 11.3 Å². The van der Waals surface area contributed by atoms with Gasteiger partial charge in [0.15, 0.2) is 0 Å². The molecule has 0 atom stereocenters. The summed E-state index contributed by atoms with van der Waals surface area (Å²) in [4.78, 5) is 18.4. The summed E-state index contributed by atoms with van der Waals surface area (Å²) in [6.07, 6.45) is 0.306. The van der Waals surface area contributed by atoms with E-state index < -0.39 is 0 Å². The molecule has 1 heterocycles. The number of rotatable bonds is 5. The Balaban J connectivity index is 2.21. The molecular formula is C15H16Cl2N2OS. The largest absolute Gasteiger partial charge is 0.343 e. The normalized spacial score (nSPS) is 10.7. The number of carbonyl (C=O) groups is 1. The second-order valence-corrected chi connectivity index (χ2v) is 6.16. The van der Waals surface area contributed by atoms with Gasteiger partial charge in [-0.1, -0.05) is 29.3 Å². The van der Waals surface area contributed by atoms with Crippen LogP contribution in [0.1, 0.15) is 19.5 Å². The minimum absolute atomic E-state index is 0.0853. The summed E-state index contributed by atoms with van der Waals surface area (Å²) in [5.74, 6) is 0.0853.